The number of hydrogen-bond acceptors (Lipinski definition) is 4. The minimum absolute atomic E-state index is 0.0123. The molecule has 6 heteroatoms. The summed E-state index contributed by atoms with van der Waals surface area (Å²) in [7, 11) is 5.55. The number of anilines is 1. The van der Waals surface area contributed by atoms with E-state index in [2.05, 4.69) is 28.0 Å². The molecule has 2 aliphatic heterocycles. The molecule has 2 aromatic carbocycles. The summed E-state index contributed by atoms with van der Waals surface area (Å²) in [4.78, 5) is 31.1. The van der Waals surface area contributed by atoms with E-state index < -0.39 is 0 Å². The number of carbonyl (C=O) groups is 2. The molecule has 2 aromatic rings. The molecular formula is C26H31N3O3. The van der Waals surface area contributed by atoms with Crippen molar-refractivity contribution in [3.63, 3.8) is 0 Å². The summed E-state index contributed by atoms with van der Waals surface area (Å²) >= 11 is 0. The number of rotatable bonds is 4. The summed E-state index contributed by atoms with van der Waals surface area (Å²) in [6, 6.07) is 14.2. The molecule has 1 N–H and O–H groups in total. The highest BCUT2D eigenvalue weighted by molar-refractivity contribution is 5.94. The van der Waals surface area contributed by atoms with Gasteiger partial charge >= 0.3 is 0 Å². The summed E-state index contributed by atoms with van der Waals surface area (Å²) in [6.45, 7) is 0.853. The second-order valence-corrected chi connectivity index (χ2v) is 9.61. The van der Waals surface area contributed by atoms with Crippen LogP contribution >= 0.6 is 0 Å². The Balaban J connectivity index is 1.53. The first-order chi connectivity index (χ1) is 15.4. The second-order valence-electron chi connectivity index (χ2n) is 9.61. The summed E-state index contributed by atoms with van der Waals surface area (Å²) in [5, 5.41) is 10.1. The Labute approximate surface area is 189 Å². The summed E-state index contributed by atoms with van der Waals surface area (Å²) in [5.41, 5.74) is 5.04. The van der Waals surface area contributed by atoms with Gasteiger partial charge in [0.2, 0.25) is 5.91 Å². The zero-order valence-corrected chi connectivity index (χ0v) is 19.0. The molecule has 3 aliphatic rings. The monoisotopic (exact) mass is 433 g/mol. The van der Waals surface area contributed by atoms with E-state index in [1.165, 1.54) is 5.56 Å². The zero-order chi connectivity index (χ0) is 22.6. The fourth-order valence-corrected chi connectivity index (χ4v) is 5.51. The summed E-state index contributed by atoms with van der Waals surface area (Å²) in [6.07, 6.45) is 2.92. The molecule has 0 radical (unpaired) electrons. The van der Waals surface area contributed by atoms with Crippen molar-refractivity contribution in [2.24, 2.45) is 11.8 Å². The van der Waals surface area contributed by atoms with E-state index in [4.69, 9.17) is 0 Å². The lowest BCUT2D eigenvalue weighted by molar-refractivity contribution is -0.134. The summed E-state index contributed by atoms with van der Waals surface area (Å²) in [5.74, 6) is 0.688. The number of likely N-dealkylation sites (tertiary alicyclic amines) is 1. The molecule has 168 valence electrons. The number of aliphatic hydroxyl groups excluding tert-OH is 1. The standard InChI is InChI=1S/C26H31N3O3/c1-27(2)25(31)17-6-4-16(5-7-17)19-10-11-22-21(14-19)24-20(23(15-30)28(22)3)12-13-29(24)26(32)18-8-9-18/h4-7,10-11,14,18,20,23-24,30H,8-9,12-13,15H2,1-3H3/t20-,23-,24-/m0/s1. The maximum atomic E-state index is 13.1. The van der Waals surface area contributed by atoms with Crippen LogP contribution in [0, 0.1) is 11.8 Å². The Morgan fingerprint density at radius 3 is 2.34 bits per heavy atom. The first kappa shape index (κ1) is 21.0. The van der Waals surface area contributed by atoms with Crippen molar-refractivity contribution in [1.29, 1.82) is 0 Å². The van der Waals surface area contributed by atoms with Crippen molar-refractivity contribution < 1.29 is 14.7 Å². The van der Waals surface area contributed by atoms with Gasteiger partial charge in [-0.3, -0.25) is 9.59 Å². The highest BCUT2D eigenvalue weighted by atomic mass is 16.3. The number of nitrogens with zero attached hydrogens (tertiary/aromatic N) is 3. The Morgan fingerprint density at radius 2 is 1.72 bits per heavy atom. The molecular weight excluding hydrogens is 402 g/mol. The van der Waals surface area contributed by atoms with Crippen LogP contribution in [0.25, 0.3) is 11.1 Å². The normalized spacial score (nSPS) is 24.2. The van der Waals surface area contributed by atoms with Crippen molar-refractivity contribution in [3.8, 4) is 11.1 Å². The fourth-order valence-electron chi connectivity index (χ4n) is 5.51. The quantitative estimate of drug-likeness (QED) is 0.805. The van der Waals surface area contributed by atoms with E-state index in [0.29, 0.717) is 5.56 Å². The molecule has 3 atom stereocenters. The Hall–Kier alpha value is -2.86. The predicted molar refractivity (Wildman–Crippen MR) is 124 cm³/mol. The molecule has 2 heterocycles. The van der Waals surface area contributed by atoms with Gasteiger partial charge in [0.05, 0.1) is 18.7 Å². The second kappa shape index (κ2) is 7.93. The molecule has 0 bridgehead atoms. The van der Waals surface area contributed by atoms with Gasteiger partial charge in [0, 0.05) is 50.8 Å². The molecule has 0 unspecified atom stereocenters. The lowest BCUT2D eigenvalue weighted by Crippen LogP contribution is -2.48. The average Bonchev–Trinajstić information content (AvgIpc) is 3.57. The topological polar surface area (TPSA) is 64.1 Å². The van der Waals surface area contributed by atoms with E-state index >= 15 is 0 Å². The Bertz CT molecular complexity index is 1040. The van der Waals surface area contributed by atoms with Gasteiger partial charge in [0.15, 0.2) is 0 Å². The molecule has 0 aromatic heterocycles. The average molecular weight is 434 g/mol. The van der Waals surface area contributed by atoms with Gasteiger partial charge in [-0.2, -0.15) is 0 Å². The highest BCUT2D eigenvalue weighted by Gasteiger charge is 2.49. The van der Waals surface area contributed by atoms with E-state index in [0.717, 1.165) is 42.6 Å². The van der Waals surface area contributed by atoms with Crippen molar-refractivity contribution in [2.75, 3.05) is 39.2 Å². The number of benzene rings is 2. The smallest absolute Gasteiger partial charge is 0.253 e. The number of carbonyl (C=O) groups excluding carboxylic acids is 2. The molecule has 2 amide bonds. The third kappa shape index (κ3) is 3.37. The highest BCUT2D eigenvalue weighted by Crippen LogP contribution is 2.50. The molecule has 6 nitrogen and oxygen atoms in total. The molecule has 2 fully saturated rings. The molecule has 0 spiro atoms. The zero-order valence-electron chi connectivity index (χ0n) is 19.0. The molecule has 1 saturated carbocycles. The van der Waals surface area contributed by atoms with Crippen molar-refractivity contribution in [2.45, 2.75) is 31.3 Å². The number of hydrogen-bond donors (Lipinski definition) is 1. The van der Waals surface area contributed by atoms with Gasteiger partial charge in [-0.15, -0.1) is 0 Å². The third-order valence-corrected chi connectivity index (χ3v) is 7.43. The van der Waals surface area contributed by atoms with E-state index in [1.807, 2.05) is 31.3 Å². The lowest BCUT2D eigenvalue weighted by atomic mass is 9.81. The maximum Gasteiger partial charge on any atom is 0.253 e. The van der Waals surface area contributed by atoms with Crippen LogP contribution in [-0.4, -0.2) is 67.1 Å². The first-order valence-corrected chi connectivity index (χ1v) is 11.5. The maximum absolute atomic E-state index is 13.1. The minimum atomic E-state index is -0.0123. The molecule has 32 heavy (non-hydrogen) atoms. The van der Waals surface area contributed by atoms with Crippen LogP contribution in [0.2, 0.25) is 0 Å². The number of fused-ring (bicyclic) bond motifs is 3. The van der Waals surface area contributed by atoms with Gasteiger partial charge < -0.3 is 19.8 Å². The molecule has 5 rings (SSSR count). The summed E-state index contributed by atoms with van der Waals surface area (Å²) < 4.78 is 0. The number of likely N-dealkylation sites (N-methyl/N-ethyl adjacent to an activating group) is 1. The van der Waals surface area contributed by atoms with Crippen LogP contribution in [0.1, 0.15) is 41.2 Å². The lowest BCUT2D eigenvalue weighted by Gasteiger charge is -2.44. The minimum Gasteiger partial charge on any atom is -0.394 e. The number of aliphatic hydroxyl groups is 1. The Kier molecular flexibility index (Phi) is 5.20. The van der Waals surface area contributed by atoms with Crippen LogP contribution in [0.5, 0.6) is 0 Å². The van der Waals surface area contributed by atoms with Crippen molar-refractivity contribution in [1.82, 2.24) is 9.80 Å². The van der Waals surface area contributed by atoms with Crippen molar-refractivity contribution >= 4 is 17.5 Å². The third-order valence-electron chi connectivity index (χ3n) is 7.43. The SMILES string of the molecule is CN(C)C(=O)c1ccc(-c2ccc3c(c2)[C@@H]2[C@@H](CCN2C(=O)C2CC2)[C@H](CO)N3C)cc1. The predicted octanol–water partition coefficient (Wildman–Crippen LogP) is 3.17. The van der Waals surface area contributed by atoms with Crippen LogP contribution < -0.4 is 4.90 Å². The van der Waals surface area contributed by atoms with Crippen LogP contribution in [0.15, 0.2) is 42.5 Å². The van der Waals surface area contributed by atoms with Crippen molar-refractivity contribution in [3.05, 3.63) is 53.6 Å². The van der Waals surface area contributed by atoms with Crippen LogP contribution in [0.4, 0.5) is 5.69 Å². The molecule has 1 saturated heterocycles. The largest absolute Gasteiger partial charge is 0.394 e. The van der Waals surface area contributed by atoms with Gasteiger partial charge in [0.25, 0.3) is 5.91 Å². The van der Waals surface area contributed by atoms with Crippen LogP contribution in [-0.2, 0) is 4.79 Å². The van der Waals surface area contributed by atoms with Gasteiger partial charge in [-0.25, -0.2) is 0 Å². The van der Waals surface area contributed by atoms with Gasteiger partial charge in [-0.05, 0) is 60.2 Å². The van der Waals surface area contributed by atoms with Gasteiger partial charge in [0.1, 0.15) is 0 Å². The van der Waals surface area contributed by atoms with E-state index in [-0.39, 0.29) is 42.3 Å². The van der Waals surface area contributed by atoms with E-state index in [1.54, 1.807) is 19.0 Å². The number of amides is 2. The van der Waals surface area contributed by atoms with Gasteiger partial charge in [-0.1, -0.05) is 18.2 Å². The Morgan fingerprint density at radius 1 is 1.03 bits per heavy atom. The van der Waals surface area contributed by atoms with E-state index in [9.17, 15) is 14.7 Å². The molecule has 1 aliphatic carbocycles. The first-order valence-electron chi connectivity index (χ1n) is 11.5. The fraction of sp³-hybridized carbons (Fsp3) is 0.462. The van der Waals surface area contributed by atoms with Crippen LogP contribution in [0.3, 0.4) is 0 Å².